The number of thioether (sulfide) groups is 1. The zero-order valence-electron chi connectivity index (χ0n) is 12.9. The molecule has 1 rings (SSSR count). The van der Waals surface area contributed by atoms with Gasteiger partial charge in [-0.25, -0.2) is 0 Å². The quantitative estimate of drug-likeness (QED) is 0.534. The van der Waals surface area contributed by atoms with Gasteiger partial charge in [-0.15, -0.1) is 18.3 Å². The maximum Gasteiger partial charge on any atom is 0.101 e. The zero-order chi connectivity index (χ0) is 15.0. The fraction of sp³-hybridized carbons (Fsp3) is 0.647. The molecule has 1 aliphatic carbocycles. The standard InChI is InChI=1S/C17H28O2S/c1-5-12-19-13-15(6-2)16-10-8-9-11-17(16,18)14(4)20-7-3/h5-6,16,18H,1,4,7-13H2,2-3H3/b15-6-/t16-,17+/m1/s1. The van der Waals surface area contributed by atoms with Crippen LogP contribution < -0.4 is 0 Å². The van der Waals surface area contributed by atoms with E-state index < -0.39 is 5.60 Å². The Hall–Kier alpha value is -0.510. The average molecular weight is 296 g/mol. The summed E-state index contributed by atoms with van der Waals surface area (Å²) in [6, 6.07) is 0. The fourth-order valence-corrected chi connectivity index (χ4v) is 3.77. The minimum absolute atomic E-state index is 0.137. The van der Waals surface area contributed by atoms with Crippen molar-refractivity contribution in [1.82, 2.24) is 0 Å². The van der Waals surface area contributed by atoms with E-state index in [9.17, 15) is 5.11 Å². The number of aliphatic hydroxyl groups is 1. The van der Waals surface area contributed by atoms with E-state index in [0.717, 1.165) is 36.3 Å². The van der Waals surface area contributed by atoms with Crippen LogP contribution >= 0.6 is 11.8 Å². The van der Waals surface area contributed by atoms with E-state index in [4.69, 9.17) is 4.74 Å². The van der Waals surface area contributed by atoms with Crippen LogP contribution in [0.5, 0.6) is 0 Å². The Labute approximate surface area is 128 Å². The summed E-state index contributed by atoms with van der Waals surface area (Å²) in [6.07, 6.45) is 7.90. The van der Waals surface area contributed by atoms with Crippen LogP contribution in [0.25, 0.3) is 0 Å². The highest BCUT2D eigenvalue weighted by molar-refractivity contribution is 8.03. The summed E-state index contributed by atoms with van der Waals surface area (Å²) >= 11 is 1.67. The predicted octanol–water partition coefficient (Wildman–Crippen LogP) is 4.32. The zero-order valence-corrected chi connectivity index (χ0v) is 13.7. The molecule has 1 saturated carbocycles. The largest absolute Gasteiger partial charge is 0.384 e. The van der Waals surface area contributed by atoms with E-state index in [0.29, 0.717) is 13.2 Å². The van der Waals surface area contributed by atoms with Gasteiger partial charge in [0.05, 0.1) is 13.2 Å². The third kappa shape index (κ3) is 4.24. The van der Waals surface area contributed by atoms with Gasteiger partial charge in [0, 0.05) is 10.8 Å². The number of hydrogen-bond donors (Lipinski definition) is 1. The van der Waals surface area contributed by atoms with Crippen molar-refractivity contribution in [2.24, 2.45) is 5.92 Å². The lowest BCUT2D eigenvalue weighted by atomic mass is 9.71. The Morgan fingerprint density at radius 2 is 2.25 bits per heavy atom. The summed E-state index contributed by atoms with van der Waals surface area (Å²) < 4.78 is 5.59. The molecule has 2 nitrogen and oxygen atoms in total. The van der Waals surface area contributed by atoms with Crippen LogP contribution in [0.15, 0.2) is 35.8 Å². The van der Waals surface area contributed by atoms with Crippen molar-refractivity contribution in [2.75, 3.05) is 19.0 Å². The molecular formula is C17H28O2S. The van der Waals surface area contributed by atoms with Gasteiger partial charge in [0.25, 0.3) is 0 Å². The first-order valence-electron chi connectivity index (χ1n) is 7.48. The molecule has 0 aromatic carbocycles. The van der Waals surface area contributed by atoms with Gasteiger partial charge in [-0.3, -0.25) is 0 Å². The Balaban J connectivity index is 2.85. The van der Waals surface area contributed by atoms with Crippen molar-refractivity contribution >= 4 is 11.8 Å². The van der Waals surface area contributed by atoms with Gasteiger partial charge in [-0.1, -0.05) is 38.5 Å². The highest BCUT2D eigenvalue weighted by Crippen LogP contribution is 2.45. The van der Waals surface area contributed by atoms with Gasteiger partial charge in [0.2, 0.25) is 0 Å². The van der Waals surface area contributed by atoms with Gasteiger partial charge in [0.1, 0.15) is 5.60 Å². The highest BCUT2D eigenvalue weighted by Gasteiger charge is 2.42. The van der Waals surface area contributed by atoms with Gasteiger partial charge in [-0.2, -0.15) is 0 Å². The van der Waals surface area contributed by atoms with Crippen LogP contribution in [-0.2, 0) is 4.74 Å². The van der Waals surface area contributed by atoms with Crippen molar-refractivity contribution in [2.45, 2.75) is 45.1 Å². The first kappa shape index (κ1) is 17.5. The topological polar surface area (TPSA) is 29.5 Å². The molecule has 0 aliphatic heterocycles. The lowest BCUT2D eigenvalue weighted by Crippen LogP contribution is -2.43. The second-order valence-electron chi connectivity index (χ2n) is 5.25. The van der Waals surface area contributed by atoms with Crippen molar-refractivity contribution in [3.05, 3.63) is 35.8 Å². The number of hydrogen-bond acceptors (Lipinski definition) is 3. The van der Waals surface area contributed by atoms with Crippen molar-refractivity contribution in [3.8, 4) is 0 Å². The maximum atomic E-state index is 11.2. The van der Waals surface area contributed by atoms with Crippen LogP contribution in [0.1, 0.15) is 39.5 Å². The second kappa shape index (κ2) is 8.71. The van der Waals surface area contributed by atoms with Crippen LogP contribution in [0.2, 0.25) is 0 Å². The Kier molecular flexibility index (Phi) is 7.63. The van der Waals surface area contributed by atoms with E-state index in [-0.39, 0.29) is 5.92 Å². The molecule has 0 spiro atoms. The Morgan fingerprint density at radius 3 is 2.85 bits per heavy atom. The first-order chi connectivity index (χ1) is 9.60. The van der Waals surface area contributed by atoms with Crippen molar-refractivity contribution < 1.29 is 9.84 Å². The molecule has 0 unspecified atom stereocenters. The molecule has 114 valence electrons. The van der Waals surface area contributed by atoms with E-state index >= 15 is 0 Å². The molecule has 1 N–H and O–H groups in total. The predicted molar refractivity (Wildman–Crippen MR) is 89.0 cm³/mol. The third-order valence-electron chi connectivity index (χ3n) is 4.00. The maximum absolute atomic E-state index is 11.2. The molecule has 0 radical (unpaired) electrons. The molecule has 1 aliphatic rings. The summed E-state index contributed by atoms with van der Waals surface area (Å²) in [6.45, 7) is 13.0. The molecule has 20 heavy (non-hydrogen) atoms. The Bertz CT molecular complexity index is 362. The lowest BCUT2D eigenvalue weighted by Gasteiger charge is -2.42. The number of rotatable bonds is 8. The molecule has 0 heterocycles. The summed E-state index contributed by atoms with van der Waals surface area (Å²) in [5.41, 5.74) is 0.407. The molecule has 0 aromatic rings. The molecule has 0 amide bonds. The highest BCUT2D eigenvalue weighted by atomic mass is 32.2. The SMILES string of the molecule is C=CCOC/C(=C/C)[C@H]1CCCC[C@]1(O)C(=C)SCC. The smallest absolute Gasteiger partial charge is 0.101 e. The van der Waals surface area contributed by atoms with E-state index in [1.165, 1.54) is 5.57 Å². The van der Waals surface area contributed by atoms with Gasteiger partial charge < -0.3 is 9.84 Å². The third-order valence-corrected chi connectivity index (χ3v) is 4.99. The number of allylic oxidation sites excluding steroid dienone is 1. The summed E-state index contributed by atoms with van der Waals surface area (Å²) in [5, 5.41) is 11.2. The van der Waals surface area contributed by atoms with Crippen molar-refractivity contribution in [3.63, 3.8) is 0 Å². The molecule has 2 atom stereocenters. The fourth-order valence-electron chi connectivity index (χ4n) is 2.93. The lowest BCUT2D eigenvalue weighted by molar-refractivity contribution is 0.00161. The minimum atomic E-state index is -0.779. The molecule has 3 heteroatoms. The Morgan fingerprint density at radius 1 is 1.50 bits per heavy atom. The van der Waals surface area contributed by atoms with Gasteiger partial charge >= 0.3 is 0 Å². The normalized spacial score (nSPS) is 27.4. The van der Waals surface area contributed by atoms with Crippen LogP contribution in [-0.4, -0.2) is 29.7 Å². The minimum Gasteiger partial charge on any atom is -0.384 e. The summed E-state index contributed by atoms with van der Waals surface area (Å²) in [7, 11) is 0. The summed E-state index contributed by atoms with van der Waals surface area (Å²) in [4.78, 5) is 0.910. The van der Waals surface area contributed by atoms with E-state index in [1.54, 1.807) is 17.8 Å². The molecule has 1 fully saturated rings. The first-order valence-corrected chi connectivity index (χ1v) is 8.47. The van der Waals surface area contributed by atoms with Gasteiger partial charge in [0.15, 0.2) is 0 Å². The molecular weight excluding hydrogens is 268 g/mol. The second-order valence-corrected chi connectivity index (χ2v) is 6.61. The monoisotopic (exact) mass is 296 g/mol. The van der Waals surface area contributed by atoms with Crippen LogP contribution in [0.3, 0.4) is 0 Å². The number of ether oxygens (including phenoxy) is 1. The molecule has 0 saturated heterocycles. The average Bonchev–Trinajstić information content (AvgIpc) is 2.45. The van der Waals surface area contributed by atoms with Gasteiger partial charge in [-0.05, 0) is 31.1 Å². The van der Waals surface area contributed by atoms with Crippen LogP contribution in [0, 0.1) is 5.92 Å². The van der Waals surface area contributed by atoms with E-state index in [1.807, 2.05) is 6.92 Å². The molecule has 0 bridgehead atoms. The molecule has 0 aromatic heterocycles. The van der Waals surface area contributed by atoms with Crippen LogP contribution in [0.4, 0.5) is 0 Å². The van der Waals surface area contributed by atoms with E-state index in [2.05, 4.69) is 26.2 Å². The summed E-state index contributed by atoms with van der Waals surface area (Å²) in [5.74, 6) is 1.09. The van der Waals surface area contributed by atoms with Crippen molar-refractivity contribution in [1.29, 1.82) is 0 Å².